The summed E-state index contributed by atoms with van der Waals surface area (Å²) in [7, 11) is 0. The summed E-state index contributed by atoms with van der Waals surface area (Å²) in [4.78, 5) is 15.0. The average Bonchev–Trinajstić information content (AvgIpc) is 2.83. The number of rotatable bonds is 8. The molecule has 3 aromatic carbocycles. The van der Waals surface area contributed by atoms with Crippen LogP contribution in [0.15, 0.2) is 72.8 Å². The first kappa shape index (κ1) is 24.0. The molecule has 0 fully saturated rings. The van der Waals surface area contributed by atoms with Crippen LogP contribution in [0.25, 0.3) is 0 Å². The van der Waals surface area contributed by atoms with Gasteiger partial charge in [0, 0.05) is 19.6 Å². The van der Waals surface area contributed by atoms with Crippen molar-refractivity contribution in [2.24, 2.45) is 5.92 Å². The van der Waals surface area contributed by atoms with Crippen LogP contribution < -0.4 is 10.1 Å². The van der Waals surface area contributed by atoms with Gasteiger partial charge in [0.1, 0.15) is 5.75 Å². The van der Waals surface area contributed by atoms with Crippen molar-refractivity contribution in [1.29, 1.82) is 0 Å². The number of amides is 1. The van der Waals surface area contributed by atoms with Crippen molar-refractivity contribution in [3.63, 3.8) is 0 Å². The summed E-state index contributed by atoms with van der Waals surface area (Å²) in [5.74, 6) is 1.07. The number of carbonyl (C=O) groups is 1. The highest BCUT2D eigenvalue weighted by molar-refractivity contribution is 5.80. The van der Waals surface area contributed by atoms with Crippen molar-refractivity contribution in [1.82, 2.24) is 10.2 Å². The highest BCUT2D eigenvalue weighted by atomic mass is 16.5. The Kier molecular flexibility index (Phi) is 7.69. The van der Waals surface area contributed by atoms with E-state index < -0.39 is 6.10 Å². The number of hydrogen-bond donors (Lipinski definition) is 1. The number of carbonyl (C=O) groups excluding carboxylic acids is 1. The Bertz CT molecular complexity index is 1110. The van der Waals surface area contributed by atoms with E-state index in [0.29, 0.717) is 12.5 Å². The zero-order valence-electron chi connectivity index (χ0n) is 20.8. The smallest absolute Gasteiger partial charge is 0.260 e. The van der Waals surface area contributed by atoms with Crippen LogP contribution in [0.5, 0.6) is 5.75 Å². The van der Waals surface area contributed by atoms with Crippen molar-refractivity contribution < 1.29 is 9.53 Å². The van der Waals surface area contributed by atoms with Crippen LogP contribution in [0.2, 0.25) is 0 Å². The average molecular weight is 457 g/mol. The standard InChI is InChI=1S/C30H36N2O2/c1-21(2)19-31-30(33)23(4)34-27-14-13-25-15-16-32(20-24-10-8-9-22(3)17-24)29(28(25)18-27)26-11-6-5-7-12-26/h5-14,17-18,21,23,29H,15-16,19-20H2,1-4H3,(H,31,33). The predicted molar refractivity (Wildman–Crippen MR) is 138 cm³/mol. The molecule has 0 spiro atoms. The summed E-state index contributed by atoms with van der Waals surface area (Å²) in [6.07, 6.45) is 0.453. The number of benzene rings is 3. The fourth-order valence-corrected chi connectivity index (χ4v) is 4.67. The van der Waals surface area contributed by atoms with Gasteiger partial charge in [-0.25, -0.2) is 0 Å². The predicted octanol–water partition coefficient (Wildman–Crippen LogP) is 5.68. The van der Waals surface area contributed by atoms with Crippen LogP contribution in [-0.2, 0) is 17.8 Å². The lowest BCUT2D eigenvalue weighted by Crippen LogP contribution is -2.38. The Balaban J connectivity index is 1.61. The van der Waals surface area contributed by atoms with Gasteiger partial charge in [0.2, 0.25) is 0 Å². The molecule has 2 atom stereocenters. The molecule has 1 heterocycles. The van der Waals surface area contributed by atoms with Gasteiger partial charge in [0.25, 0.3) is 5.91 Å². The van der Waals surface area contributed by atoms with E-state index in [9.17, 15) is 4.79 Å². The van der Waals surface area contributed by atoms with Crippen molar-refractivity contribution >= 4 is 5.91 Å². The molecule has 1 aliphatic heterocycles. The Hall–Kier alpha value is -3.11. The third-order valence-corrected chi connectivity index (χ3v) is 6.40. The van der Waals surface area contributed by atoms with Crippen LogP contribution >= 0.6 is 0 Å². The number of fused-ring (bicyclic) bond motifs is 1. The van der Waals surface area contributed by atoms with E-state index in [4.69, 9.17) is 4.74 Å². The maximum atomic E-state index is 12.5. The highest BCUT2D eigenvalue weighted by Crippen LogP contribution is 2.38. The molecule has 1 N–H and O–H groups in total. The lowest BCUT2D eigenvalue weighted by atomic mass is 9.87. The summed E-state index contributed by atoms with van der Waals surface area (Å²) in [5, 5.41) is 2.97. The zero-order valence-corrected chi connectivity index (χ0v) is 20.8. The molecule has 0 saturated heterocycles. The second-order valence-corrected chi connectivity index (χ2v) is 9.78. The monoisotopic (exact) mass is 456 g/mol. The van der Waals surface area contributed by atoms with E-state index in [1.54, 1.807) is 0 Å². The molecule has 4 nitrogen and oxygen atoms in total. The molecule has 0 radical (unpaired) electrons. The maximum Gasteiger partial charge on any atom is 0.260 e. The van der Waals surface area contributed by atoms with Gasteiger partial charge in [-0.05, 0) is 60.6 Å². The molecule has 34 heavy (non-hydrogen) atoms. The summed E-state index contributed by atoms with van der Waals surface area (Å²) in [6.45, 7) is 10.7. The van der Waals surface area contributed by atoms with Crippen LogP contribution in [-0.4, -0.2) is 30.0 Å². The molecule has 0 saturated carbocycles. The first-order chi connectivity index (χ1) is 16.4. The first-order valence-electron chi connectivity index (χ1n) is 12.3. The quantitative estimate of drug-likeness (QED) is 0.474. The second kappa shape index (κ2) is 10.9. The van der Waals surface area contributed by atoms with Crippen LogP contribution in [0.1, 0.15) is 54.6 Å². The lowest BCUT2D eigenvalue weighted by molar-refractivity contribution is -0.127. The minimum Gasteiger partial charge on any atom is -0.481 e. The molecular weight excluding hydrogens is 420 g/mol. The summed E-state index contributed by atoms with van der Waals surface area (Å²) in [6, 6.07) is 25.9. The normalized spacial score (nSPS) is 16.7. The van der Waals surface area contributed by atoms with Crippen molar-refractivity contribution in [3.8, 4) is 5.75 Å². The van der Waals surface area contributed by atoms with Crippen molar-refractivity contribution in [2.75, 3.05) is 13.1 Å². The molecular formula is C30H36N2O2. The molecule has 4 heteroatoms. The van der Waals surface area contributed by atoms with Crippen LogP contribution in [0.4, 0.5) is 0 Å². The maximum absolute atomic E-state index is 12.5. The van der Waals surface area contributed by atoms with E-state index in [1.165, 1.54) is 27.8 Å². The summed E-state index contributed by atoms with van der Waals surface area (Å²) in [5.41, 5.74) is 6.49. The second-order valence-electron chi connectivity index (χ2n) is 9.78. The van der Waals surface area contributed by atoms with E-state index in [2.05, 4.69) is 97.7 Å². The molecule has 0 aromatic heterocycles. The van der Waals surface area contributed by atoms with Gasteiger partial charge in [0.15, 0.2) is 6.10 Å². The van der Waals surface area contributed by atoms with E-state index in [0.717, 1.165) is 25.3 Å². The van der Waals surface area contributed by atoms with E-state index in [1.807, 2.05) is 13.0 Å². The number of aryl methyl sites for hydroxylation is 1. The van der Waals surface area contributed by atoms with Gasteiger partial charge in [-0.15, -0.1) is 0 Å². The molecule has 178 valence electrons. The fourth-order valence-electron chi connectivity index (χ4n) is 4.67. The molecule has 3 aromatic rings. The van der Waals surface area contributed by atoms with E-state index >= 15 is 0 Å². The van der Waals surface area contributed by atoms with Gasteiger partial charge in [-0.2, -0.15) is 0 Å². The largest absolute Gasteiger partial charge is 0.481 e. The minimum atomic E-state index is -0.543. The SMILES string of the molecule is Cc1cccc(CN2CCc3ccc(OC(C)C(=O)NCC(C)C)cc3C2c2ccccc2)c1. The van der Waals surface area contributed by atoms with Gasteiger partial charge in [-0.1, -0.05) is 80.1 Å². The summed E-state index contributed by atoms with van der Waals surface area (Å²) < 4.78 is 6.10. The zero-order chi connectivity index (χ0) is 24.1. The van der Waals surface area contributed by atoms with Crippen LogP contribution in [0.3, 0.4) is 0 Å². The molecule has 4 rings (SSSR count). The lowest BCUT2D eigenvalue weighted by Gasteiger charge is -2.38. The molecule has 0 aliphatic carbocycles. The minimum absolute atomic E-state index is 0.0768. The van der Waals surface area contributed by atoms with E-state index in [-0.39, 0.29) is 11.9 Å². The summed E-state index contributed by atoms with van der Waals surface area (Å²) >= 11 is 0. The number of ether oxygens (including phenoxy) is 1. The van der Waals surface area contributed by atoms with Crippen LogP contribution in [0, 0.1) is 12.8 Å². The highest BCUT2D eigenvalue weighted by Gasteiger charge is 2.29. The fraction of sp³-hybridized carbons (Fsp3) is 0.367. The number of nitrogens with zero attached hydrogens (tertiary/aromatic N) is 1. The Morgan fingerprint density at radius 3 is 2.56 bits per heavy atom. The molecule has 0 bridgehead atoms. The third-order valence-electron chi connectivity index (χ3n) is 6.40. The number of hydrogen-bond acceptors (Lipinski definition) is 3. The Morgan fingerprint density at radius 1 is 1.03 bits per heavy atom. The first-order valence-corrected chi connectivity index (χ1v) is 12.3. The van der Waals surface area contributed by atoms with Gasteiger partial charge >= 0.3 is 0 Å². The Morgan fingerprint density at radius 2 is 1.82 bits per heavy atom. The van der Waals surface area contributed by atoms with Crippen molar-refractivity contribution in [3.05, 3.63) is 101 Å². The molecule has 1 aliphatic rings. The number of nitrogens with one attached hydrogen (secondary N) is 1. The topological polar surface area (TPSA) is 41.6 Å². The van der Waals surface area contributed by atoms with Gasteiger partial charge in [0.05, 0.1) is 6.04 Å². The van der Waals surface area contributed by atoms with Gasteiger partial charge < -0.3 is 10.1 Å². The third kappa shape index (κ3) is 5.87. The van der Waals surface area contributed by atoms with Gasteiger partial charge in [-0.3, -0.25) is 9.69 Å². The Labute approximate surface area is 204 Å². The molecule has 1 amide bonds. The van der Waals surface area contributed by atoms with Crippen molar-refractivity contribution in [2.45, 2.75) is 52.8 Å². The molecule has 2 unspecified atom stereocenters.